The summed E-state index contributed by atoms with van der Waals surface area (Å²) in [7, 11) is 2.33. The number of hydrogen-bond donors (Lipinski definition) is 0. The number of hydrogen-bond acceptors (Lipinski definition) is 2. The van der Waals surface area contributed by atoms with Crippen molar-refractivity contribution in [3.8, 4) is 0 Å². The standard InChI is InChI=1S/C24H50N2/c1-8-9-10-11-12-13-15-18-22(4)23(24(5,6)21(2)3)26-20-17-14-16-19-25(26)7/h21-23H,8-20H2,1-7H3. The van der Waals surface area contributed by atoms with Crippen LogP contribution in [0, 0.1) is 17.3 Å². The Labute approximate surface area is 166 Å². The summed E-state index contributed by atoms with van der Waals surface area (Å²) in [6, 6.07) is 0.658. The van der Waals surface area contributed by atoms with Gasteiger partial charge in [-0.05, 0) is 36.5 Å². The van der Waals surface area contributed by atoms with Crippen molar-refractivity contribution in [1.29, 1.82) is 0 Å². The van der Waals surface area contributed by atoms with Crippen molar-refractivity contribution >= 4 is 0 Å². The van der Waals surface area contributed by atoms with Crippen molar-refractivity contribution in [2.24, 2.45) is 17.3 Å². The maximum Gasteiger partial charge on any atom is 0.0324 e. The van der Waals surface area contributed by atoms with Gasteiger partial charge >= 0.3 is 0 Å². The quantitative estimate of drug-likeness (QED) is 0.338. The molecule has 0 aliphatic carbocycles. The van der Waals surface area contributed by atoms with Crippen molar-refractivity contribution in [2.75, 3.05) is 20.1 Å². The first-order chi connectivity index (χ1) is 12.3. The van der Waals surface area contributed by atoms with Gasteiger partial charge in [-0.3, -0.25) is 0 Å². The van der Waals surface area contributed by atoms with E-state index in [0.717, 1.165) is 5.92 Å². The van der Waals surface area contributed by atoms with Crippen molar-refractivity contribution in [2.45, 2.75) is 118 Å². The molecule has 0 saturated carbocycles. The van der Waals surface area contributed by atoms with Gasteiger partial charge < -0.3 is 0 Å². The van der Waals surface area contributed by atoms with Crippen molar-refractivity contribution in [1.82, 2.24) is 10.0 Å². The van der Waals surface area contributed by atoms with Gasteiger partial charge in [-0.25, -0.2) is 10.0 Å². The lowest BCUT2D eigenvalue weighted by Crippen LogP contribution is -2.56. The van der Waals surface area contributed by atoms with Gasteiger partial charge in [0.25, 0.3) is 0 Å². The second kappa shape index (κ2) is 12.4. The summed E-state index contributed by atoms with van der Waals surface area (Å²) < 4.78 is 0. The minimum atomic E-state index is 0.346. The molecule has 0 N–H and O–H groups in total. The third-order valence-corrected chi connectivity index (χ3v) is 7.18. The molecule has 2 atom stereocenters. The summed E-state index contributed by atoms with van der Waals surface area (Å²) in [5.74, 6) is 1.48. The summed E-state index contributed by atoms with van der Waals surface area (Å²) in [5.41, 5.74) is 0.346. The second-order valence-corrected chi connectivity index (χ2v) is 9.91. The molecule has 0 bridgehead atoms. The maximum atomic E-state index is 2.76. The normalized spacial score (nSPS) is 20.3. The molecule has 1 aliphatic rings. The van der Waals surface area contributed by atoms with Gasteiger partial charge in [0, 0.05) is 26.2 Å². The van der Waals surface area contributed by atoms with Crippen LogP contribution in [0.25, 0.3) is 0 Å². The van der Waals surface area contributed by atoms with Crippen LogP contribution >= 0.6 is 0 Å². The van der Waals surface area contributed by atoms with Gasteiger partial charge in [-0.2, -0.15) is 0 Å². The molecule has 2 heteroatoms. The number of hydrazine groups is 1. The molecule has 1 saturated heterocycles. The third-order valence-electron chi connectivity index (χ3n) is 7.18. The van der Waals surface area contributed by atoms with E-state index >= 15 is 0 Å². The molecule has 0 aromatic heterocycles. The fraction of sp³-hybridized carbons (Fsp3) is 1.00. The van der Waals surface area contributed by atoms with Gasteiger partial charge in [0.2, 0.25) is 0 Å². The fourth-order valence-electron chi connectivity index (χ4n) is 4.78. The number of nitrogens with zero attached hydrogens (tertiary/aromatic N) is 2. The summed E-state index contributed by atoms with van der Waals surface area (Å²) in [5, 5.41) is 5.32. The van der Waals surface area contributed by atoms with Crippen molar-refractivity contribution < 1.29 is 0 Å². The van der Waals surface area contributed by atoms with Crippen LogP contribution < -0.4 is 0 Å². The molecule has 2 unspecified atom stereocenters. The van der Waals surface area contributed by atoms with E-state index in [1.807, 2.05) is 0 Å². The Balaban J connectivity index is 2.66. The Kier molecular flexibility index (Phi) is 11.4. The first-order valence-electron chi connectivity index (χ1n) is 11.8. The summed E-state index contributed by atoms with van der Waals surface area (Å²) in [4.78, 5) is 0. The van der Waals surface area contributed by atoms with Crippen LogP contribution in [0.1, 0.15) is 112 Å². The zero-order valence-corrected chi connectivity index (χ0v) is 19.3. The lowest BCUT2D eigenvalue weighted by atomic mass is 9.69. The third kappa shape index (κ3) is 7.50. The predicted molar refractivity (Wildman–Crippen MR) is 117 cm³/mol. The SMILES string of the molecule is CCCCCCCCCC(C)C(N1CCCCCN1C)C(C)(C)C(C)C. The van der Waals surface area contributed by atoms with Crippen LogP contribution in [0.4, 0.5) is 0 Å². The summed E-state index contributed by atoms with van der Waals surface area (Å²) >= 11 is 0. The van der Waals surface area contributed by atoms with Gasteiger partial charge in [0.15, 0.2) is 0 Å². The highest BCUT2D eigenvalue weighted by Gasteiger charge is 2.41. The first-order valence-corrected chi connectivity index (χ1v) is 11.8. The molecule has 156 valence electrons. The van der Waals surface area contributed by atoms with Gasteiger partial charge in [0.05, 0.1) is 0 Å². The molecule has 0 aromatic carbocycles. The Morgan fingerprint density at radius 3 is 2.00 bits per heavy atom. The smallest absolute Gasteiger partial charge is 0.0324 e. The van der Waals surface area contributed by atoms with Crippen LogP contribution in [0.2, 0.25) is 0 Å². The molecule has 1 heterocycles. The highest BCUT2D eigenvalue weighted by atomic mass is 15.6. The molecular formula is C24H50N2. The predicted octanol–water partition coefficient (Wildman–Crippen LogP) is 7.15. The van der Waals surface area contributed by atoms with E-state index in [1.165, 1.54) is 83.7 Å². The van der Waals surface area contributed by atoms with Gasteiger partial charge in [-0.15, -0.1) is 0 Å². The first kappa shape index (κ1) is 24.0. The Morgan fingerprint density at radius 1 is 0.808 bits per heavy atom. The van der Waals surface area contributed by atoms with E-state index in [-0.39, 0.29) is 0 Å². The van der Waals surface area contributed by atoms with E-state index < -0.39 is 0 Å². The molecule has 0 spiro atoms. The van der Waals surface area contributed by atoms with Crippen LogP contribution in [0.15, 0.2) is 0 Å². The van der Waals surface area contributed by atoms with Crippen molar-refractivity contribution in [3.63, 3.8) is 0 Å². The van der Waals surface area contributed by atoms with Gasteiger partial charge in [-0.1, -0.05) is 92.9 Å². The zero-order chi connectivity index (χ0) is 19.6. The van der Waals surface area contributed by atoms with E-state index in [9.17, 15) is 0 Å². The highest BCUT2D eigenvalue weighted by molar-refractivity contribution is 4.91. The molecule has 0 radical (unpaired) electrons. The highest BCUT2D eigenvalue weighted by Crippen LogP contribution is 2.40. The number of unbranched alkanes of at least 4 members (excludes halogenated alkanes) is 6. The maximum absolute atomic E-state index is 2.76. The minimum absolute atomic E-state index is 0.346. The molecule has 0 amide bonds. The van der Waals surface area contributed by atoms with Gasteiger partial charge in [0.1, 0.15) is 0 Å². The zero-order valence-electron chi connectivity index (χ0n) is 19.3. The van der Waals surface area contributed by atoms with E-state index in [1.54, 1.807) is 0 Å². The monoisotopic (exact) mass is 366 g/mol. The second-order valence-electron chi connectivity index (χ2n) is 9.91. The molecule has 0 aromatic rings. The van der Waals surface area contributed by atoms with Crippen molar-refractivity contribution in [3.05, 3.63) is 0 Å². The Hall–Kier alpha value is -0.0800. The average molecular weight is 367 g/mol. The molecule has 26 heavy (non-hydrogen) atoms. The Morgan fingerprint density at radius 2 is 1.38 bits per heavy atom. The summed E-state index contributed by atoms with van der Waals surface area (Å²) in [6.45, 7) is 17.2. The minimum Gasteiger partial charge on any atom is -0.245 e. The lowest BCUT2D eigenvalue weighted by molar-refractivity contribution is -0.106. The average Bonchev–Trinajstić information content (AvgIpc) is 2.79. The van der Waals surface area contributed by atoms with E-state index in [0.29, 0.717) is 17.4 Å². The topological polar surface area (TPSA) is 6.48 Å². The molecule has 2 nitrogen and oxygen atoms in total. The Bertz CT molecular complexity index is 350. The molecule has 1 fully saturated rings. The molecule has 1 rings (SSSR count). The van der Waals surface area contributed by atoms with Crippen LogP contribution in [0.5, 0.6) is 0 Å². The molecular weight excluding hydrogens is 316 g/mol. The van der Waals surface area contributed by atoms with Crippen LogP contribution in [-0.2, 0) is 0 Å². The lowest BCUT2D eigenvalue weighted by Gasteiger charge is -2.50. The number of rotatable bonds is 12. The van der Waals surface area contributed by atoms with Crippen LogP contribution in [0.3, 0.4) is 0 Å². The van der Waals surface area contributed by atoms with E-state index in [2.05, 4.69) is 58.6 Å². The molecule has 1 aliphatic heterocycles. The largest absolute Gasteiger partial charge is 0.245 e. The van der Waals surface area contributed by atoms with E-state index in [4.69, 9.17) is 0 Å². The summed E-state index contributed by atoms with van der Waals surface area (Å²) in [6.07, 6.45) is 15.4. The fourth-order valence-corrected chi connectivity index (χ4v) is 4.78. The van der Waals surface area contributed by atoms with Crippen LogP contribution in [-0.4, -0.2) is 36.2 Å².